The molecule has 1 N–H and O–H groups in total. The maximum atomic E-state index is 12.7. The Hall–Kier alpha value is -0.430. The normalized spacial score (nSPS) is 26.4. The predicted octanol–water partition coefficient (Wildman–Crippen LogP) is 2.42. The fraction of sp³-hybridized carbons (Fsp3) is 0.714. The van der Waals surface area contributed by atoms with E-state index in [1.165, 1.54) is 17.8 Å². The third-order valence-corrected chi connectivity index (χ3v) is 7.76. The minimum atomic E-state index is -3.26. The van der Waals surface area contributed by atoms with Gasteiger partial charge in [0.1, 0.15) is 4.21 Å². The lowest BCUT2D eigenvalue weighted by atomic mass is 10.1. The first-order chi connectivity index (χ1) is 9.61. The predicted molar refractivity (Wildman–Crippen MR) is 81.3 cm³/mol. The van der Waals surface area contributed by atoms with Crippen LogP contribution in [-0.2, 0) is 16.6 Å². The molecule has 2 atom stereocenters. The molecule has 1 aromatic heterocycles. The van der Waals surface area contributed by atoms with Gasteiger partial charge < -0.3 is 5.32 Å². The van der Waals surface area contributed by atoms with Crippen LogP contribution in [0.25, 0.3) is 0 Å². The molecule has 0 radical (unpaired) electrons. The minimum Gasteiger partial charge on any atom is -0.312 e. The molecule has 0 spiro atoms. The molecule has 2 aliphatic rings. The molecule has 1 aliphatic heterocycles. The summed E-state index contributed by atoms with van der Waals surface area (Å²) in [5.41, 5.74) is 0. The van der Waals surface area contributed by atoms with Crippen LogP contribution in [0.2, 0.25) is 0 Å². The number of piperidine rings is 1. The van der Waals surface area contributed by atoms with Crippen molar-refractivity contribution < 1.29 is 8.42 Å². The molecule has 4 nitrogen and oxygen atoms in total. The second-order valence-corrected chi connectivity index (χ2v) is 9.09. The van der Waals surface area contributed by atoms with Crippen LogP contribution in [0.15, 0.2) is 16.3 Å². The molecule has 1 saturated heterocycles. The molecule has 20 heavy (non-hydrogen) atoms. The monoisotopic (exact) mass is 314 g/mol. The van der Waals surface area contributed by atoms with Crippen molar-refractivity contribution in [3.05, 3.63) is 17.0 Å². The molecule has 3 rings (SSSR count). The van der Waals surface area contributed by atoms with E-state index in [4.69, 9.17) is 0 Å². The summed E-state index contributed by atoms with van der Waals surface area (Å²) in [6.45, 7) is 4.59. The van der Waals surface area contributed by atoms with E-state index in [0.29, 0.717) is 10.1 Å². The first-order valence-corrected chi connectivity index (χ1v) is 9.68. The van der Waals surface area contributed by atoms with E-state index in [1.807, 2.05) is 6.07 Å². The third-order valence-electron chi connectivity index (χ3n) is 4.28. The highest BCUT2D eigenvalue weighted by atomic mass is 32.2. The Kier molecular flexibility index (Phi) is 4.17. The van der Waals surface area contributed by atoms with Crippen molar-refractivity contribution in [3.63, 3.8) is 0 Å². The van der Waals surface area contributed by atoms with Gasteiger partial charge in [0.2, 0.25) is 0 Å². The van der Waals surface area contributed by atoms with Gasteiger partial charge in [0, 0.05) is 24.0 Å². The summed E-state index contributed by atoms with van der Waals surface area (Å²) in [4.78, 5) is 1.10. The van der Waals surface area contributed by atoms with Crippen molar-refractivity contribution in [2.24, 2.45) is 5.92 Å². The fourth-order valence-electron chi connectivity index (χ4n) is 3.27. The number of sulfonamides is 1. The van der Waals surface area contributed by atoms with Crippen molar-refractivity contribution >= 4 is 21.4 Å². The molecule has 6 heteroatoms. The molecule has 0 aromatic carbocycles. The Morgan fingerprint density at radius 1 is 1.40 bits per heavy atom. The lowest BCUT2D eigenvalue weighted by Crippen LogP contribution is -2.37. The Bertz CT molecular complexity index is 567. The van der Waals surface area contributed by atoms with Gasteiger partial charge in [-0.25, -0.2) is 8.42 Å². The van der Waals surface area contributed by atoms with Crippen LogP contribution < -0.4 is 5.32 Å². The first kappa shape index (κ1) is 14.5. The van der Waals surface area contributed by atoms with Gasteiger partial charge in [-0.3, -0.25) is 0 Å². The molecule has 1 aromatic rings. The molecule has 2 fully saturated rings. The molecule has 1 saturated carbocycles. The van der Waals surface area contributed by atoms with Crippen LogP contribution in [-0.4, -0.2) is 31.9 Å². The average Bonchev–Trinajstić information content (AvgIpc) is 3.15. The van der Waals surface area contributed by atoms with Gasteiger partial charge in [0.15, 0.2) is 0 Å². The Morgan fingerprint density at radius 3 is 2.90 bits per heavy atom. The van der Waals surface area contributed by atoms with Gasteiger partial charge in [-0.1, -0.05) is 6.92 Å². The van der Waals surface area contributed by atoms with Crippen LogP contribution in [0.3, 0.4) is 0 Å². The second-order valence-electron chi connectivity index (χ2n) is 5.81. The summed E-state index contributed by atoms with van der Waals surface area (Å²) in [6.07, 6.45) is 4.40. The van der Waals surface area contributed by atoms with Crippen molar-refractivity contribution in [2.75, 3.05) is 13.1 Å². The molecular weight excluding hydrogens is 292 g/mol. The maximum Gasteiger partial charge on any atom is 0.252 e. The largest absolute Gasteiger partial charge is 0.312 e. The van der Waals surface area contributed by atoms with Crippen molar-refractivity contribution in [2.45, 2.75) is 49.4 Å². The van der Waals surface area contributed by atoms with Gasteiger partial charge in [-0.05, 0) is 50.3 Å². The zero-order valence-electron chi connectivity index (χ0n) is 11.8. The zero-order chi connectivity index (χ0) is 14.2. The molecule has 2 unspecified atom stereocenters. The summed E-state index contributed by atoms with van der Waals surface area (Å²) >= 11 is 1.41. The van der Waals surface area contributed by atoms with E-state index in [1.54, 1.807) is 10.4 Å². The van der Waals surface area contributed by atoms with Crippen molar-refractivity contribution in [1.29, 1.82) is 0 Å². The van der Waals surface area contributed by atoms with Crippen LogP contribution in [0.1, 0.15) is 37.5 Å². The van der Waals surface area contributed by atoms with E-state index < -0.39 is 10.0 Å². The lowest BCUT2D eigenvalue weighted by molar-refractivity contribution is 0.334. The maximum absolute atomic E-state index is 12.7. The highest BCUT2D eigenvalue weighted by Crippen LogP contribution is 2.41. The number of nitrogens with one attached hydrogen (secondary N) is 1. The van der Waals surface area contributed by atoms with E-state index >= 15 is 0 Å². The van der Waals surface area contributed by atoms with Gasteiger partial charge >= 0.3 is 0 Å². The molecule has 112 valence electrons. The first-order valence-electron chi connectivity index (χ1n) is 7.42. The van der Waals surface area contributed by atoms with E-state index in [-0.39, 0.29) is 6.04 Å². The average molecular weight is 314 g/mol. The van der Waals surface area contributed by atoms with E-state index in [0.717, 1.165) is 43.8 Å². The van der Waals surface area contributed by atoms with Crippen LogP contribution >= 0.6 is 11.3 Å². The minimum absolute atomic E-state index is 0.258. The van der Waals surface area contributed by atoms with Crippen LogP contribution in [0.4, 0.5) is 0 Å². The van der Waals surface area contributed by atoms with Crippen LogP contribution in [0.5, 0.6) is 0 Å². The zero-order valence-corrected chi connectivity index (χ0v) is 13.5. The molecule has 1 aliphatic carbocycles. The number of thiophene rings is 1. The van der Waals surface area contributed by atoms with Gasteiger partial charge in [0.25, 0.3) is 10.0 Å². The topological polar surface area (TPSA) is 49.4 Å². The Morgan fingerprint density at radius 2 is 2.25 bits per heavy atom. The number of hydrogen-bond donors (Lipinski definition) is 1. The number of rotatable bonds is 6. The lowest BCUT2D eigenvalue weighted by Gasteiger charge is -2.25. The smallest absolute Gasteiger partial charge is 0.252 e. The van der Waals surface area contributed by atoms with Crippen molar-refractivity contribution in [1.82, 2.24) is 9.62 Å². The Balaban J connectivity index is 1.71. The summed E-state index contributed by atoms with van der Waals surface area (Å²) in [5.74, 6) is 0.598. The summed E-state index contributed by atoms with van der Waals surface area (Å²) in [7, 11) is -3.26. The molecule has 2 heterocycles. The number of nitrogens with zero attached hydrogens (tertiary/aromatic N) is 1. The molecular formula is C14H22N2O2S2. The number of fused-ring (bicyclic) bond motifs is 2. The molecule has 0 amide bonds. The van der Waals surface area contributed by atoms with Crippen molar-refractivity contribution in [3.8, 4) is 0 Å². The Labute approximate surface area is 125 Å². The van der Waals surface area contributed by atoms with Gasteiger partial charge in [0.05, 0.1) is 0 Å². The SMILES string of the molecule is CCCNCc1ccc(S(=O)(=O)N2CC3CCC2C3)s1. The summed E-state index contributed by atoms with van der Waals surface area (Å²) < 4.78 is 27.6. The third kappa shape index (κ3) is 2.66. The second kappa shape index (κ2) is 5.75. The van der Waals surface area contributed by atoms with E-state index in [2.05, 4.69) is 12.2 Å². The summed E-state index contributed by atoms with van der Waals surface area (Å²) in [6, 6.07) is 3.97. The quantitative estimate of drug-likeness (QED) is 0.820. The van der Waals surface area contributed by atoms with Gasteiger partial charge in [-0.15, -0.1) is 11.3 Å². The van der Waals surface area contributed by atoms with Gasteiger partial charge in [-0.2, -0.15) is 4.31 Å². The highest BCUT2D eigenvalue weighted by molar-refractivity contribution is 7.91. The highest BCUT2D eigenvalue weighted by Gasteiger charge is 2.44. The summed E-state index contributed by atoms with van der Waals surface area (Å²) in [5, 5.41) is 3.31. The fourth-order valence-corrected chi connectivity index (χ4v) is 6.47. The number of hydrogen-bond acceptors (Lipinski definition) is 4. The molecule has 2 bridgehead atoms. The standard InChI is InChI=1S/C14H22N2O2S2/c1-2-7-15-9-13-5-6-14(19-13)20(17,18)16-10-11-3-4-12(16)8-11/h5-6,11-12,15H,2-4,7-10H2,1H3. The van der Waals surface area contributed by atoms with E-state index in [9.17, 15) is 8.42 Å². The van der Waals surface area contributed by atoms with Crippen LogP contribution in [0, 0.1) is 5.92 Å².